The summed E-state index contributed by atoms with van der Waals surface area (Å²) in [5.74, 6) is 0.717. The topological polar surface area (TPSA) is 66.9 Å². The Morgan fingerprint density at radius 1 is 1.05 bits per heavy atom. The molecule has 0 saturated heterocycles. The summed E-state index contributed by atoms with van der Waals surface area (Å²) in [5.41, 5.74) is 0.980. The summed E-state index contributed by atoms with van der Waals surface area (Å²) in [5, 5.41) is 0. The fourth-order valence-electron chi connectivity index (χ4n) is 1.91. The van der Waals surface area contributed by atoms with E-state index in [1.165, 1.54) is 21.3 Å². The van der Waals surface area contributed by atoms with Crippen molar-refractivity contribution < 1.29 is 23.7 Å². The van der Waals surface area contributed by atoms with E-state index in [9.17, 15) is 4.79 Å². The van der Waals surface area contributed by atoms with Crippen LogP contribution in [0.5, 0.6) is 17.2 Å². The van der Waals surface area contributed by atoms with Gasteiger partial charge in [0.05, 0.1) is 32.6 Å². The van der Waals surface area contributed by atoms with E-state index in [1.807, 2.05) is 6.07 Å². The van der Waals surface area contributed by atoms with Gasteiger partial charge in [-0.25, -0.2) is 4.79 Å². The average molecular weight is 303 g/mol. The summed E-state index contributed by atoms with van der Waals surface area (Å²) in [7, 11) is 4.47. The van der Waals surface area contributed by atoms with Gasteiger partial charge in [-0.05, 0) is 24.3 Å². The Balaban J connectivity index is 2.19. The molecule has 0 aliphatic carbocycles. The van der Waals surface area contributed by atoms with Crippen molar-refractivity contribution in [2.24, 2.45) is 0 Å². The largest absolute Gasteiger partial charge is 0.493 e. The average Bonchev–Trinajstić information content (AvgIpc) is 2.59. The van der Waals surface area contributed by atoms with Gasteiger partial charge in [-0.1, -0.05) is 6.07 Å². The first-order valence-electron chi connectivity index (χ1n) is 6.56. The minimum Gasteiger partial charge on any atom is -0.493 e. The Morgan fingerprint density at radius 3 is 2.23 bits per heavy atom. The van der Waals surface area contributed by atoms with E-state index in [0.29, 0.717) is 28.5 Å². The highest BCUT2D eigenvalue weighted by atomic mass is 16.5. The Morgan fingerprint density at radius 2 is 1.73 bits per heavy atom. The number of benzene rings is 1. The molecule has 0 aliphatic rings. The third kappa shape index (κ3) is 3.46. The van der Waals surface area contributed by atoms with Crippen LogP contribution in [0.25, 0.3) is 0 Å². The Bertz CT molecular complexity index is 617. The molecule has 2 rings (SSSR count). The van der Waals surface area contributed by atoms with Gasteiger partial charge < -0.3 is 18.9 Å². The van der Waals surface area contributed by atoms with E-state index in [0.717, 1.165) is 0 Å². The highest BCUT2D eigenvalue weighted by Crippen LogP contribution is 2.38. The second-order valence-corrected chi connectivity index (χ2v) is 4.31. The van der Waals surface area contributed by atoms with Gasteiger partial charge in [-0.2, -0.15) is 0 Å². The van der Waals surface area contributed by atoms with E-state index in [2.05, 4.69) is 4.98 Å². The number of esters is 1. The second kappa shape index (κ2) is 7.31. The van der Waals surface area contributed by atoms with Gasteiger partial charge in [0.1, 0.15) is 6.61 Å². The van der Waals surface area contributed by atoms with Crippen molar-refractivity contribution in [3.05, 3.63) is 47.8 Å². The number of ether oxygens (including phenoxy) is 4. The quantitative estimate of drug-likeness (QED) is 0.764. The Kier molecular flexibility index (Phi) is 5.19. The van der Waals surface area contributed by atoms with Crippen molar-refractivity contribution in [1.82, 2.24) is 4.98 Å². The SMILES string of the molecule is COc1cc(C(=O)OCc2ccccn2)cc(OC)c1OC. The molecule has 1 aromatic heterocycles. The van der Waals surface area contributed by atoms with Crippen molar-refractivity contribution in [1.29, 1.82) is 0 Å². The molecule has 0 atom stereocenters. The molecule has 2 aromatic rings. The van der Waals surface area contributed by atoms with Crippen LogP contribution in [-0.4, -0.2) is 32.3 Å². The predicted molar refractivity (Wildman–Crippen MR) is 79.5 cm³/mol. The van der Waals surface area contributed by atoms with Crippen molar-refractivity contribution in [2.75, 3.05) is 21.3 Å². The number of rotatable bonds is 6. The molecule has 22 heavy (non-hydrogen) atoms. The van der Waals surface area contributed by atoms with Crippen LogP contribution in [0.4, 0.5) is 0 Å². The molecule has 0 unspecified atom stereocenters. The smallest absolute Gasteiger partial charge is 0.338 e. The molecule has 0 spiro atoms. The van der Waals surface area contributed by atoms with E-state index >= 15 is 0 Å². The summed E-state index contributed by atoms with van der Waals surface area (Å²) in [4.78, 5) is 16.2. The summed E-state index contributed by atoms with van der Waals surface area (Å²) in [6.07, 6.45) is 1.64. The highest BCUT2D eigenvalue weighted by molar-refractivity contribution is 5.91. The van der Waals surface area contributed by atoms with Gasteiger partial charge in [0.2, 0.25) is 5.75 Å². The van der Waals surface area contributed by atoms with E-state index in [-0.39, 0.29) is 6.61 Å². The molecule has 0 amide bonds. The maximum absolute atomic E-state index is 12.2. The zero-order chi connectivity index (χ0) is 15.9. The Labute approximate surface area is 128 Å². The second-order valence-electron chi connectivity index (χ2n) is 4.31. The molecule has 116 valence electrons. The summed E-state index contributed by atoms with van der Waals surface area (Å²) >= 11 is 0. The number of aromatic nitrogens is 1. The van der Waals surface area contributed by atoms with Crippen molar-refractivity contribution >= 4 is 5.97 Å². The molecule has 6 nitrogen and oxygen atoms in total. The molecule has 0 N–H and O–H groups in total. The minimum atomic E-state index is -0.495. The first kappa shape index (κ1) is 15.6. The zero-order valence-corrected chi connectivity index (χ0v) is 12.7. The number of hydrogen-bond acceptors (Lipinski definition) is 6. The molecule has 1 heterocycles. The fourth-order valence-corrected chi connectivity index (χ4v) is 1.91. The lowest BCUT2D eigenvalue weighted by molar-refractivity contribution is 0.0467. The van der Waals surface area contributed by atoms with Gasteiger partial charge in [0, 0.05) is 6.20 Å². The molecule has 0 bridgehead atoms. The highest BCUT2D eigenvalue weighted by Gasteiger charge is 2.18. The number of pyridine rings is 1. The van der Waals surface area contributed by atoms with Crippen LogP contribution in [0.3, 0.4) is 0 Å². The van der Waals surface area contributed by atoms with Crippen LogP contribution in [0.1, 0.15) is 16.1 Å². The van der Waals surface area contributed by atoms with Gasteiger partial charge in [-0.3, -0.25) is 4.98 Å². The van der Waals surface area contributed by atoms with Crippen molar-refractivity contribution in [2.45, 2.75) is 6.61 Å². The lowest BCUT2D eigenvalue weighted by atomic mass is 10.2. The first-order valence-corrected chi connectivity index (χ1v) is 6.56. The van der Waals surface area contributed by atoms with Crippen molar-refractivity contribution in [3.8, 4) is 17.2 Å². The predicted octanol–water partition coefficient (Wildman–Crippen LogP) is 2.46. The molecule has 1 aromatic carbocycles. The summed E-state index contributed by atoms with van der Waals surface area (Å²) in [6, 6.07) is 8.49. The normalized spacial score (nSPS) is 9.95. The molecular formula is C16H17NO5. The zero-order valence-electron chi connectivity index (χ0n) is 12.7. The lowest BCUT2D eigenvalue weighted by Crippen LogP contribution is -2.07. The molecule has 0 saturated carbocycles. The third-order valence-corrected chi connectivity index (χ3v) is 2.98. The standard InChI is InChI=1S/C16H17NO5/c1-19-13-8-11(9-14(20-2)15(13)21-3)16(18)22-10-12-6-4-5-7-17-12/h4-9H,10H2,1-3H3. The van der Waals surface area contributed by atoms with Crippen LogP contribution in [0.2, 0.25) is 0 Å². The molecular weight excluding hydrogens is 286 g/mol. The lowest BCUT2D eigenvalue weighted by Gasteiger charge is -2.13. The Hall–Kier alpha value is -2.76. The van der Waals surface area contributed by atoms with Crippen LogP contribution in [0.15, 0.2) is 36.5 Å². The van der Waals surface area contributed by atoms with Crippen LogP contribution >= 0.6 is 0 Å². The molecule has 0 radical (unpaired) electrons. The van der Waals surface area contributed by atoms with Crippen LogP contribution < -0.4 is 14.2 Å². The molecule has 0 fully saturated rings. The van der Waals surface area contributed by atoms with E-state index in [1.54, 1.807) is 30.5 Å². The maximum Gasteiger partial charge on any atom is 0.338 e. The fraction of sp³-hybridized carbons (Fsp3) is 0.250. The van der Waals surface area contributed by atoms with E-state index < -0.39 is 5.97 Å². The molecule has 6 heteroatoms. The minimum absolute atomic E-state index is 0.0936. The number of methoxy groups -OCH3 is 3. The molecule has 0 aliphatic heterocycles. The van der Waals surface area contributed by atoms with Gasteiger partial charge in [0.15, 0.2) is 11.5 Å². The maximum atomic E-state index is 12.2. The number of hydrogen-bond donors (Lipinski definition) is 0. The number of nitrogens with zero attached hydrogens (tertiary/aromatic N) is 1. The van der Waals surface area contributed by atoms with Crippen LogP contribution in [-0.2, 0) is 11.3 Å². The van der Waals surface area contributed by atoms with Gasteiger partial charge in [-0.15, -0.1) is 0 Å². The monoisotopic (exact) mass is 303 g/mol. The van der Waals surface area contributed by atoms with Gasteiger partial charge >= 0.3 is 5.97 Å². The van der Waals surface area contributed by atoms with E-state index in [4.69, 9.17) is 18.9 Å². The third-order valence-electron chi connectivity index (χ3n) is 2.98. The summed E-state index contributed by atoms with van der Waals surface area (Å²) < 4.78 is 20.9. The number of carbonyl (C=O) groups is 1. The van der Waals surface area contributed by atoms with Crippen molar-refractivity contribution in [3.63, 3.8) is 0 Å². The summed E-state index contributed by atoms with van der Waals surface area (Å²) in [6.45, 7) is 0.0936. The van der Waals surface area contributed by atoms with Crippen LogP contribution in [0, 0.1) is 0 Å². The number of carbonyl (C=O) groups excluding carboxylic acids is 1. The van der Waals surface area contributed by atoms with Gasteiger partial charge in [0.25, 0.3) is 0 Å². The first-order chi connectivity index (χ1) is 10.7.